The molecule has 1 aliphatic carbocycles. The molecule has 0 spiro atoms. The average Bonchev–Trinajstić information content (AvgIpc) is 2.43. The lowest BCUT2D eigenvalue weighted by Crippen LogP contribution is -2.26. The smallest absolute Gasteiger partial charge is 0.0651 e. The highest BCUT2D eigenvalue weighted by molar-refractivity contribution is 5.22. The molecule has 0 amide bonds. The van der Waals surface area contributed by atoms with Crippen LogP contribution >= 0.6 is 0 Å². The van der Waals surface area contributed by atoms with Crippen molar-refractivity contribution in [2.24, 2.45) is 5.92 Å². The van der Waals surface area contributed by atoms with Gasteiger partial charge in [0.25, 0.3) is 0 Å². The van der Waals surface area contributed by atoms with Crippen molar-refractivity contribution in [1.29, 1.82) is 0 Å². The van der Waals surface area contributed by atoms with Gasteiger partial charge >= 0.3 is 0 Å². The van der Waals surface area contributed by atoms with Gasteiger partial charge in [0.05, 0.1) is 5.60 Å². The minimum atomic E-state index is -0.472. The molecular formula is C13H18O. The number of hydrogen-bond acceptors (Lipinski definition) is 1. The summed E-state index contributed by atoms with van der Waals surface area (Å²) in [5.41, 5.74) is 0.901. The van der Waals surface area contributed by atoms with E-state index in [9.17, 15) is 5.11 Å². The summed E-state index contributed by atoms with van der Waals surface area (Å²) in [5, 5.41) is 10.1. The van der Waals surface area contributed by atoms with Crippen LogP contribution in [0, 0.1) is 5.92 Å². The lowest BCUT2D eigenvalue weighted by molar-refractivity contribution is 0.0276. The molecule has 1 aromatic rings. The maximum absolute atomic E-state index is 10.1. The third-order valence-electron chi connectivity index (χ3n) is 3.63. The molecule has 1 fully saturated rings. The van der Waals surface area contributed by atoms with Gasteiger partial charge < -0.3 is 5.11 Å². The highest BCUT2D eigenvalue weighted by atomic mass is 16.3. The molecule has 0 saturated heterocycles. The Balaban J connectivity index is 2.17. The second-order valence-corrected chi connectivity index (χ2v) is 4.81. The molecule has 0 aliphatic heterocycles. The van der Waals surface area contributed by atoms with Crippen molar-refractivity contribution in [3.05, 3.63) is 35.9 Å². The molecule has 0 heterocycles. The molecule has 0 aromatic heterocycles. The van der Waals surface area contributed by atoms with E-state index in [0.29, 0.717) is 11.8 Å². The predicted octanol–water partition coefficient (Wildman–Crippen LogP) is 2.95. The van der Waals surface area contributed by atoms with Crippen molar-refractivity contribution < 1.29 is 5.11 Å². The fourth-order valence-corrected chi connectivity index (χ4v) is 2.44. The van der Waals surface area contributed by atoms with E-state index in [0.717, 1.165) is 12.8 Å². The van der Waals surface area contributed by atoms with Gasteiger partial charge in [-0.15, -0.1) is 0 Å². The summed E-state index contributed by atoms with van der Waals surface area (Å²) >= 11 is 0. The first kappa shape index (κ1) is 9.72. The van der Waals surface area contributed by atoms with Gasteiger partial charge in [0.2, 0.25) is 0 Å². The zero-order valence-corrected chi connectivity index (χ0v) is 8.90. The molecule has 1 aliphatic rings. The van der Waals surface area contributed by atoms with E-state index in [1.165, 1.54) is 5.56 Å². The van der Waals surface area contributed by atoms with Crippen molar-refractivity contribution in [2.45, 2.75) is 38.2 Å². The van der Waals surface area contributed by atoms with E-state index in [4.69, 9.17) is 0 Å². The van der Waals surface area contributed by atoms with Gasteiger partial charge in [-0.05, 0) is 37.2 Å². The Bertz CT molecular complexity index is 302. The molecule has 76 valence electrons. The van der Waals surface area contributed by atoms with Crippen molar-refractivity contribution in [3.8, 4) is 0 Å². The van der Waals surface area contributed by atoms with Crippen LogP contribution in [0.3, 0.4) is 0 Å². The first-order valence-electron chi connectivity index (χ1n) is 5.37. The summed E-state index contributed by atoms with van der Waals surface area (Å²) in [6.45, 7) is 4.10. The second kappa shape index (κ2) is 3.39. The summed E-state index contributed by atoms with van der Waals surface area (Å²) in [4.78, 5) is 0. The van der Waals surface area contributed by atoms with E-state index in [1.54, 1.807) is 0 Å². The number of aliphatic hydroxyl groups is 1. The van der Waals surface area contributed by atoms with Gasteiger partial charge in [0.1, 0.15) is 0 Å². The van der Waals surface area contributed by atoms with Gasteiger partial charge in [-0.2, -0.15) is 0 Å². The summed E-state index contributed by atoms with van der Waals surface area (Å²) in [6, 6.07) is 10.5. The summed E-state index contributed by atoms with van der Waals surface area (Å²) in [5.74, 6) is 0.953. The second-order valence-electron chi connectivity index (χ2n) is 4.81. The number of hydrogen-bond donors (Lipinski definition) is 1. The minimum Gasteiger partial charge on any atom is -0.390 e. The van der Waals surface area contributed by atoms with E-state index in [1.807, 2.05) is 13.0 Å². The normalized spacial score (nSPS) is 37.4. The Morgan fingerprint density at radius 1 is 1.29 bits per heavy atom. The molecule has 1 nitrogen and oxygen atoms in total. The van der Waals surface area contributed by atoms with Crippen LogP contribution in [0.15, 0.2) is 30.3 Å². The quantitative estimate of drug-likeness (QED) is 0.722. The first-order valence-corrected chi connectivity index (χ1v) is 5.37. The van der Waals surface area contributed by atoms with E-state index in [-0.39, 0.29) is 0 Å². The van der Waals surface area contributed by atoms with Crippen molar-refractivity contribution in [3.63, 3.8) is 0 Å². The fourth-order valence-electron chi connectivity index (χ4n) is 2.44. The van der Waals surface area contributed by atoms with Crippen LogP contribution in [0.1, 0.15) is 38.2 Å². The molecule has 14 heavy (non-hydrogen) atoms. The zero-order chi connectivity index (χ0) is 10.2. The van der Waals surface area contributed by atoms with Crippen LogP contribution in [0.2, 0.25) is 0 Å². The average molecular weight is 190 g/mol. The standard InChI is InChI=1S/C13H18O/c1-10-8-12(9-13(10,2)14)11-6-4-3-5-7-11/h3-7,10,12,14H,8-9H2,1-2H3/t10-,12-,13-/m1/s1. The van der Waals surface area contributed by atoms with Crippen molar-refractivity contribution in [1.82, 2.24) is 0 Å². The molecule has 1 aromatic carbocycles. The topological polar surface area (TPSA) is 20.2 Å². The Morgan fingerprint density at radius 3 is 2.43 bits per heavy atom. The Hall–Kier alpha value is -0.820. The molecule has 1 N–H and O–H groups in total. The molecule has 3 atom stereocenters. The third-order valence-corrected chi connectivity index (χ3v) is 3.63. The van der Waals surface area contributed by atoms with Crippen LogP contribution in [0.25, 0.3) is 0 Å². The van der Waals surface area contributed by atoms with Crippen molar-refractivity contribution in [2.75, 3.05) is 0 Å². The predicted molar refractivity (Wildman–Crippen MR) is 58.2 cm³/mol. The van der Waals surface area contributed by atoms with Gasteiger partial charge in [-0.3, -0.25) is 0 Å². The molecule has 0 radical (unpaired) electrons. The van der Waals surface area contributed by atoms with Crippen molar-refractivity contribution >= 4 is 0 Å². The highest BCUT2D eigenvalue weighted by Crippen LogP contribution is 2.44. The lowest BCUT2D eigenvalue weighted by atomic mass is 9.94. The maximum atomic E-state index is 10.1. The fraction of sp³-hybridized carbons (Fsp3) is 0.538. The SMILES string of the molecule is C[C@@H]1C[C@@H](c2ccccc2)C[C@@]1(C)O. The van der Waals surface area contributed by atoms with Crippen LogP contribution in [-0.2, 0) is 0 Å². The maximum Gasteiger partial charge on any atom is 0.0651 e. The summed E-state index contributed by atoms with van der Waals surface area (Å²) < 4.78 is 0. The zero-order valence-electron chi connectivity index (χ0n) is 8.90. The molecule has 2 rings (SSSR count). The van der Waals surface area contributed by atoms with Gasteiger partial charge in [0, 0.05) is 0 Å². The Morgan fingerprint density at radius 2 is 1.93 bits per heavy atom. The number of rotatable bonds is 1. The van der Waals surface area contributed by atoms with E-state index < -0.39 is 5.60 Å². The highest BCUT2D eigenvalue weighted by Gasteiger charge is 2.39. The monoisotopic (exact) mass is 190 g/mol. The van der Waals surface area contributed by atoms with Crippen LogP contribution in [0.4, 0.5) is 0 Å². The largest absolute Gasteiger partial charge is 0.390 e. The Labute approximate surface area is 85.8 Å². The summed E-state index contributed by atoms with van der Waals surface area (Å²) in [7, 11) is 0. The number of benzene rings is 1. The molecular weight excluding hydrogens is 172 g/mol. The Kier molecular flexibility index (Phi) is 2.36. The van der Waals surface area contributed by atoms with E-state index >= 15 is 0 Å². The van der Waals surface area contributed by atoms with Gasteiger partial charge in [0.15, 0.2) is 0 Å². The van der Waals surface area contributed by atoms with E-state index in [2.05, 4.69) is 31.2 Å². The first-order chi connectivity index (χ1) is 6.59. The van der Waals surface area contributed by atoms with Gasteiger partial charge in [-0.1, -0.05) is 37.3 Å². The lowest BCUT2D eigenvalue weighted by Gasteiger charge is -2.21. The molecule has 1 heteroatoms. The van der Waals surface area contributed by atoms with Crippen LogP contribution in [0.5, 0.6) is 0 Å². The molecule has 0 unspecified atom stereocenters. The van der Waals surface area contributed by atoms with Crippen LogP contribution in [-0.4, -0.2) is 10.7 Å². The third kappa shape index (κ3) is 1.69. The minimum absolute atomic E-state index is 0.410. The van der Waals surface area contributed by atoms with Gasteiger partial charge in [-0.25, -0.2) is 0 Å². The summed E-state index contributed by atoms with van der Waals surface area (Å²) in [6.07, 6.45) is 2.01. The van der Waals surface area contributed by atoms with Crippen LogP contribution < -0.4 is 0 Å². The molecule has 0 bridgehead atoms. The molecule has 1 saturated carbocycles.